The third-order valence-corrected chi connectivity index (χ3v) is 5.97. The van der Waals surface area contributed by atoms with E-state index in [0.29, 0.717) is 19.4 Å². The second-order valence-corrected chi connectivity index (χ2v) is 8.63. The fourth-order valence-corrected chi connectivity index (χ4v) is 4.55. The van der Waals surface area contributed by atoms with Gasteiger partial charge in [-0.2, -0.15) is 0 Å². The molecule has 6 nitrogen and oxygen atoms in total. The average Bonchev–Trinajstić information content (AvgIpc) is 2.94. The molecule has 1 unspecified atom stereocenters. The van der Waals surface area contributed by atoms with Gasteiger partial charge in [0, 0.05) is 19.0 Å². The number of carboxylic acids is 1. The molecule has 0 bridgehead atoms. The first-order valence-electron chi connectivity index (χ1n) is 8.06. The highest BCUT2D eigenvalue weighted by molar-refractivity contribution is 7.91. The van der Waals surface area contributed by atoms with Crippen molar-refractivity contribution >= 4 is 21.7 Å². The van der Waals surface area contributed by atoms with Crippen molar-refractivity contribution in [1.82, 2.24) is 4.90 Å². The van der Waals surface area contributed by atoms with Gasteiger partial charge < -0.3 is 10.0 Å². The van der Waals surface area contributed by atoms with Crippen molar-refractivity contribution in [2.45, 2.75) is 44.0 Å². The number of carbonyl (C=O) groups excluding carboxylic acids is 1. The maximum absolute atomic E-state index is 12.6. The highest BCUT2D eigenvalue weighted by Crippen LogP contribution is 2.24. The zero-order valence-electron chi connectivity index (χ0n) is 13.9. The fourth-order valence-electron chi connectivity index (χ4n) is 2.96. The molecule has 1 aromatic carbocycles. The van der Waals surface area contributed by atoms with E-state index in [1.54, 1.807) is 4.90 Å². The number of benzene rings is 1. The van der Waals surface area contributed by atoms with E-state index in [0.717, 1.165) is 6.42 Å². The van der Waals surface area contributed by atoms with Gasteiger partial charge in [-0.05, 0) is 43.0 Å². The predicted molar refractivity (Wildman–Crippen MR) is 89.6 cm³/mol. The van der Waals surface area contributed by atoms with Crippen molar-refractivity contribution in [2.24, 2.45) is 5.92 Å². The number of rotatable bonds is 6. The average molecular weight is 353 g/mol. The monoisotopic (exact) mass is 353 g/mol. The van der Waals surface area contributed by atoms with E-state index in [-0.39, 0.29) is 34.1 Å². The van der Waals surface area contributed by atoms with Gasteiger partial charge in [0.1, 0.15) is 0 Å². The number of likely N-dealkylation sites (tertiary alicyclic amines) is 1. The van der Waals surface area contributed by atoms with Crippen molar-refractivity contribution in [3.63, 3.8) is 0 Å². The molecule has 1 amide bonds. The molecule has 1 aromatic rings. The molecule has 1 aliphatic rings. The first-order chi connectivity index (χ1) is 11.2. The summed E-state index contributed by atoms with van der Waals surface area (Å²) in [6, 6.07) is 4.89. The molecule has 1 heterocycles. The Labute approximate surface area is 142 Å². The lowest BCUT2D eigenvalue weighted by molar-refractivity contribution is -0.132. The van der Waals surface area contributed by atoms with Crippen LogP contribution < -0.4 is 0 Å². The third kappa shape index (κ3) is 4.35. The van der Waals surface area contributed by atoms with Gasteiger partial charge >= 0.3 is 5.97 Å². The summed E-state index contributed by atoms with van der Waals surface area (Å²) >= 11 is 0. The van der Waals surface area contributed by atoms with Gasteiger partial charge in [-0.15, -0.1) is 0 Å². The van der Waals surface area contributed by atoms with Crippen molar-refractivity contribution in [2.75, 3.05) is 12.3 Å². The molecular formula is C17H23NO5S. The summed E-state index contributed by atoms with van der Waals surface area (Å²) in [6.07, 6.45) is 1.90. The van der Waals surface area contributed by atoms with E-state index in [4.69, 9.17) is 5.11 Å². The summed E-state index contributed by atoms with van der Waals surface area (Å²) < 4.78 is 25.1. The quantitative estimate of drug-likeness (QED) is 0.846. The van der Waals surface area contributed by atoms with E-state index in [1.807, 2.05) is 13.8 Å². The van der Waals surface area contributed by atoms with Crippen LogP contribution in [-0.2, 0) is 14.6 Å². The molecule has 0 radical (unpaired) electrons. The van der Waals surface area contributed by atoms with Crippen LogP contribution in [0.15, 0.2) is 29.2 Å². The summed E-state index contributed by atoms with van der Waals surface area (Å²) in [5.74, 6) is -0.980. The second-order valence-electron chi connectivity index (χ2n) is 6.59. The maximum Gasteiger partial charge on any atom is 0.335 e. The predicted octanol–water partition coefficient (Wildman–Crippen LogP) is 2.20. The Bertz CT molecular complexity index is 709. The van der Waals surface area contributed by atoms with Crippen LogP contribution in [0.3, 0.4) is 0 Å². The Kier molecular flexibility index (Phi) is 5.64. The Morgan fingerprint density at radius 3 is 2.42 bits per heavy atom. The first kappa shape index (κ1) is 18.4. The number of aromatic carboxylic acids is 1. The van der Waals surface area contributed by atoms with Crippen molar-refractivity contribution in [1.29, 1.82) is 0 Å². The summed E-state index contributed by atoms with van der Waals surface area (Å²) in [5.41, 5.74) is 0.0450. The van der Waals surface area contributed by atoms with Crippen LogP contribution in [0, 0.1) is 5.92 Å². The van der Waals surface area contributed by atoms with Crippen molar-refractivity contribution in [3.8, 4) is 0 Å². The normalized spacial score (nSPS) is 18.1. The molecule has 1 N–H and O–H groups in total. The van der Waals surface area contributed by atoms with Crippen LogP contribution in [0.2, 0.25) is 0 Å². The molecule has 24 heavy (non-hydrogen) atoms. The van der Waals surface area contributed by atoms with Crippen LogP contribution in [0.1, 0.15) is 43.5 Å². The first-order valence-corrected chi connectivity index (χ1v) is 9.71. The zero-order chi connectivity index (χ0) is 17.9. The molecule has 0 aromatic heterocycles. The Morgan fingerprint density at radius 1 is 1.25 bits per heavy atom. The van der Waals surface area contributed by atoms with E-state index in [9.17, 15) is 18.0 Å². The molecule has 132 valence electrons. The number of sulfone groups is 1. The van der Waals surface area contributed by atoms with Gasteiger partial charge in [0.25, 0.3) is 0 Å². The molecule has 0 spiro atoms. The van der Waals surface area contributed by atoms with Gasteiger partial charge in [-0.1, -0.05) is 13.8 Å². The Balaban J connectivity index is 2.12. The summed E-state index contributed by atoms with van der Waals surface area (Å²) in [4.78, 5) is 24.9. The minimum absolute atomic E-state index is 0.00363. The number of carboxylic acid groups (broad SMARTS) is 1. The number of carbonyl (C=O) groups is 2. The SMILES string of the molecule is CC(C)CC(=O)N1CCCC1CS(=O)(=O)c1ccc(C(=O)O)cc1. The smallest absolute Gasteiger partial charge is 0.335 e. The van der Waals surface area contributed by atoms with Crippen molar-refractivity contribution in [3.05, 3.63) is 29.8 Å². The highest BCUT2D eigenvalue weighted by Gasteiger charge is 2.33. The van der Waals surface area contributed by atoms with Crippen molar-refractivity contribution < 1.29 is 23.1 Å². The Morgan fingerprint density at radius 2 is 1.88 bits per heavy atom. The fraction of sp³-hybridized carbons (Fsp3) is 0.529. The summed E-state index contributed by atoms with van der Waals surface area (Å²) in [6.45, 7) is 4.52. The lowest BCUT2D eigenvalue weighted by atomic mass is 10.1. The van der Waals surface area contributed by atoms with Gasteiger partial charge in [-0.25, -0.2) is 13.2 Å². The molecule has 1 atom stereocenters. The molecule has 0 aliphatic carbocycles. The van der Waals surface area contributed by atoms with Gasteiger partial charge in [0.15, 0.2) is 9.84 Å². The molecule has 7 heteroatoms. The molecule has 1 saturated heterocycles. The highest BCUT2D eigenvalue weighted by atomic mass is 32.2. The summed E-state index contributed by atoms with van der Waals surface area (Å²) in [7, 11) is -3.57. The number of hydrogen-bond donors (Lipinski definition) is 1. The minimum Gasteiger partial charge on any atom is -0.478 e. The molecule has 1 fully saturated rings. The van der Waals surface area contributed by atoms with Crippen LogP contribution in [0.5, 0.6) is 0 Å². The third-order valence-electron chi connectivity index (χ3n) is 4.15. The van der Waals surface area contributed by atoms with E-state index in [2.05, 4.69) is 0 Å². The second kappa shape index (κ2) is 7.34. The Hall–Kier alpha value is -1.89. The largest absolute Gasteiger partial charge is 0.478 e. The number of amides is 1. The van der Waals surface area contributed by atoms with E-state index < -0.39 is 15.8 Å². The number of nitrogens with zero attached hydrogens (tertiary/aromatic N) is 1. The maximum atomic E-state index is 12.6. The molecular weight excluding hydrogens is 330 g/mol. The van der Waals surface area contributed by atoms with E-state index in [1.165, 1.54) is 24.3 Å². The molecule has 2 rings (SSSR count). The van der Waals surface area contributed by atoms with E-state index >= 15 is 0 Å². The van der Waals surface area contributed by atoms with Gasteiger partial charge in [0.2, 0.25) is 5.91 Å². The summed E-state index contributed by atoms with van der Waals surface area (Å²) in [5, 5.41) is 8.88. The topological polar surface area (TPSA) is 91.8 Å². The van der Waals surface area contributed by atoms with Crippen LogP contribution in [0.25, 0.3) is 0 Å². The lowest BCUT2D eigenvalue weighted by Crippen LogP contribution is -2.40. The molecule has 0 saturated carbocycles. The minimum atomic E-state index is -3.57. The zero-order valence-corrected chi connectivity index (χ0v) is 14.8. The van der Waals surface area contributed by atoms with Crippen LogP contribution >= 0.6 is 0 Å². The standard InChI is InChI=1S/C17H23NO5S/c1-12(2)10-16(19)18-9-3-4-14(18)11-24(22,23)15-7-5-13(6-8-15)17(20)21/h5-8,12,14H,3-4,9-11H2,1-2H3,(H,20,21). The molecule has 1 aliphatic heterocycles. The van der Waals surface area contributed by atoms with Crippen LogP contribution in [-0.4, -0.2) is 48.6 Å². The number of hydrogen-bond acceptors (Lipinski definition) is 4. The van der Waals surface area contributed by atoms with Gasteiger partial charge in [0.05, 0.1) is 16.2 Å². The van der Waals surface area contributed by atoms with Gasteiger partial charge in [-0.3, -0.25) is 4.79 Å². The lowest BCUT2D eigenvalue weighted by Gasteiger charge is -2.25. The van der Waals surface area contributed by atoms with Crippen LogP contribution in [0.4, 0.5) is 0 Å².